The molecule has 15 heavy (non-hydrogen) atoms. The molecule has 6 heteroatoms. The number of hydrogen-bond acceptors (Lipinski definition) is 3. The normalized spacial score (nSPS) is 15.8. The van der Waals surface area contributed by atoms with Crippen molar-refractivity contribution in [1.29, 1.82) is 0 Å². The fourth-order valence-corrected chi connectivity index (χ4v) is 2.35. The van der Waals surface area contributed by atoms with Crippen LogP contribution in [-0.2, 0) is 14.1 Å². The first-order valence-corrected chi connectivity index (χ1v) is 6.50. The molecule has 90 valence electrons. The zero-order chi connectivity index (χ0) is 12.1. The molecule has 0 rings (SSSR count). The second-order valence-corrected chi connectivity index (χ2v) is 6.03. The van der Waals surface area contributed by atoms with Gasteiger partial charge in [-0.2, -0.15) is 0 Å². The fourth-order valence-electron chi connectivity index (χ4n) is 1.43. The van der Waals surface area contributed by atoms with E-state index in [0.717, 1.165) is 0 Å². The maximum Gasteiger partial charge on any atom is 0.331 e. The molecule has 0 aliphatic rings. The third kappa shape index (κ3) is 4.33. The zero-order valence-corrected chi connectivity index (χ0v) is 10.3. The molecule has 0 saturated carbocycles. The summed E-state index contributed by atoms with van der Waals surface area (Å²) in [5.74, 6) is -0.439. The zero-order valence-electron chi connectivity index (χ0n) is 9.39. The molecule has 0 aromatic heterocycles. The van der Waals surface area contributed by atoms with E-state index < -0.39 is 18.7 Å². The minimum absolute atomic E-state index is 0.0398. The van der Waals surface area contributed by atoms with Crippen molar-refractivity contribution in [1.82, 2.24) is 0 Å². The highest BCUT2D eigenvalue weighted by molar-refractivity contribution is 7.53. The lowest BCUT2D eigenvalue weighted by molar-refractivity contribution is -0.140. The highest BCUT2D eigenvalue weighted by Gasteiger charge is 2.41. The number of rotatable bonds is 6. The Kier molecular flexibility index (Phi) is 5.49. The number of esters is 1. The van der Waals surface area contributed by atoms with Gasteiger partial charge in [0.2, 0.25) is 0 Å². The van der Waals surface area contributed by atoms with E-state index in [1.54, 1.807) is 0 Å². The molecule has 0 aliphatic carbocycles. The van der Waals surface area contributed by atoms with Crippen LogP contribution in [-0.4, -0.2) is 28.0 Å². The summed E-state index contributed by atoms with van der Waals surface area (Å²) in [5.41, 5.74) is 0. The molecular weight excluding hydrogens is 219 g/mol. The van der Waals surface area contributed by atoms with Crippen LogP contribution in [0, 0.1) is 0 Å². The third-order valence-electron chi connectivity index (χ3n) is 2.59. The van der Waals surface area contributed by atoms with E-state index in [9.17, 15) is 19.1 Å². The molecule has 1 unspecified atom stereocenters. The van der Waals surface area contributed by atoms with Crippen molar-refractivity contribution in [3.8, 4) is 0 Å². The summed E-state index contributed by atoms with van der Waals surface area (Å²) in [5, 5.41) is -1.12. The first kappa shape index (κ1) is 14.6. The molecule has 0 fully saturated rings. The molecule has 0 aromatic rings. The van der Waals surface area contributed by atoms with Gasteiger partial charge in [0.25, 0.3) is 0 Å². The Labute approximate surface area is 90.0 Å². The van der Waals surface area contributed by atoms with Crippen molar-refractivity contribution in [2.24, 2.45) is 0 Å². The molecule has 0 saturated heterocycles. The lowest BCUT2D eigenvalue weighted by Crippen LogP contribution is -2.26. The molecule has 0 aliphatic heterocycles. The second kappa shape index (κ2) is 5.64. The SMILES string of the molecule is CCCC(C)(CCC(=O)OC)P(=O)(O)O. The van der Waals surface area contributed by atoms with Gasteiger partial charge in [-0.15, -0.1) is 0 Å². The van der Waals surface area contributed by atoms with Crippen LogP contribution in [0.3, 0.4) is 0 Å². The average Bonchev–Trinajstić information content (AvgIpc) is 2.13. The van der Waals surface area contributed by atoms with E-state index >= 15 is 0 Å². The van der Waals surface area contributed by atoms with Crippen molar-refractivity contribution in [2.45, 2.75) is 44.7 Å². The van der Waals surface area contributed by atoms with Crippen LogP contribution in [0.2, 0.25) is 0 Å². The third-order valence-corrected chi connectivity index (χ3v) is 4.44. The Morgan fingerprint density at radius 2 is 1.93 bits per heavy atom. The monoisotopic (exact) mass is 238 g/mol. The van der Waals surface area contributed by atoms with Gasteiger partial charge in [0, 0.05) is 6.42 Å². The molecular formula is C9H19O5P. The van der Waals surface area contributed by atoms with Crippen LogP contribution in [0.5, 0.6) is 0 Å². The topological polar surface area (TPSA) is 83.8 Å². The van der Waals surface area contributed by atoms with Crippen LogP contribution in [0.15, 0.2) is 0 Å². The second-order valence-electron chi connectivity index (χ2n) is 3.87. The molecule has 0 radical (unpaired) electrons. The van der Waals surface area contributed by atoms with Crippen molar-refractivity contribution < 1.29 is 23.9 Å². The van der Waals surface area contributed by atoms with E-state index in [1.165, 1.54) is 14.0 Å². The maximum absolute atomic E-state index is 11.3. The number of ether oxygens (including phenoxy) is 1. The molecule has 0 aromatic carbocycles. The Bertz CT molecular complexity index is 259. The van der Waals surface area contributed by atoms with Crippen molar-refractivity contribution in [3.05, 3.63) is 0 Å². The minimum Gasteiger partial charge on any atom is -0.469 e. The van der Waals surface area contributed by atoms with Crippen LogP contribution in [0.1, 0.15) is 39.5 Å². The number of carbonyl (C=O) groups excluding carboxylic acids is 1. The van der Waals surface area contributed by atoms with Gasteiger partial charge in [0.1, 0.15) is 0 Å². The minimum atomic E-state index is -4.18. The standard InChI is InChI=1S/C9H19O5P/c1-4-6-9(2,15(11,12)13)7-5-8(10)14-3/h4-7H2,1-3H3,(H2,11,12,13). The van der Waals surface area contributed by atoms with Crippen LogP contribution in [0.4, 0.5) is 0 Å². The van der Waals surface area contributed by atoms with Gasteiger partial charge in [0.05, 0.1) is 12.3 Å². The fraction of sp³-hybridized carbons (Fsp3) is 0.889. The van der Waals surface area contributed by atoms with E-state index in [-0.39, 0.29) is 12.8 Å². The average molecular weight is 238 g/mol. The van der Waals surface area contributed by atoms with Crippen LogP contribution in [0.25, 0.3) is 0 Å². The van der Waals surface area contributed by atoms with Crippen LogP contribution < -0.4 is 0 Å². The highest BCUT2D eigenvalue weighted by atomic mass is 31.2. The molecule has 5 nitrogen and oxygen atoms in total. The molecule has 0 amide bonds. The van der Waals surface area contributed by atoms with Gasteiger partial charge in [-0.1, -0.05) is 13.3 Å². The first-order valence-electron chi connectivity index (χ1n) is 4.89. The lowest BCUT2D eigenvalue weighted by Gasteiger charge is -2.29. The molecule has 0 bridgehead atoms. The van der Waals surface area contributed by atoms with E-state index in [2.05, 4.69) is 4.74 Å². The number of carbonyl (C=O) groups is 1. The van der Waals surface area contributed by atoms with Gasteiger partial charge >= 0.3 is 13.6 Å². The van der Waals surface area contributed by atoms with Gasteiger partial charge in [-0.25, -0.2) is 0 Å². The highest BCUT2D eigenvalue weighted by Crippen LogP contribution is 2.55. The molecule has 0 spiro atoms. The Balaban J connectivity index is 4.53. The summed E-state index contributed by atoms with van der Waals surface area (Å²) in [6, 6.07) is 0. The summed E-state index contributed by atoms with van der Waals surface area (Å²) in [4.78, 5) is 29.3. The summed E-state index contributed by atoms with van der Waals surface area (Å²) >= 11 is 0. The van der Waals surface area contributed by atoms with E-state index in [4.69, 9.17) is 0 Å². The summed E-state index contributed by atoms with van der Waals surface area (Å²) in [7, 11) is -2.92. The van der Waals surface area contributed by atoms with E-state index in [1.807, 2.05) is 6.92 Å². The Morgan fingerprint density at radius 1 is 1.40 bits per heavy atom. The van der Waals surface area contributed by atoms with Crippen LogP contribution >= 0.6 is 7.60 Å². The van der Waals surface area contributed by atoms with Gasteiger partial charge in [-0.05, 0) is 19.8 Å². The summed E-state index contributed by atoms with van der Waals surface area (Å²) in [6.45, 7) is 3.37. The molecule has 2 N–H and O–H groups in total. The van der Waals surface area contributed by atoms with Crippen molar-refractivity contribution in [3.63, 3.8) is 0 Å². The number of hydrogen-bond donors (Lipinski definition) is 2. The van der Waals surface area contributed by atoms with Gasteiger partial charge in [-0.3, -0.25) is 9.36 Å². The Hall–Kier alpha value is -0.380. The maximum atomic E-state index is 11.3. The first-order chi connectivity index (χ1) is 6.77. The number of methoxy groups -OCH3 is 1. The Morgan fingerprint density at radius 3 is 2.27 bits per heavy atom. The molecule has 1 atom stereocenters. The van der Waals surface area contributed by atoms with Gasteiger partial charge in [0.15, 0.2) is 0 Å². The predicted molar refractivity (Wildman–Crippen MR) is 56.6 cm³/mol. The van der Waals surface area contributed by atoms with Gasteiger partial charge < -0.3 is 14.5 Å². The smallest absolute Gasteiger partial charge is 0.331 e. The lowest BCUT2D eigenvalue weighted by atomic mass is 9.99. The quantitative estimate of drug-likeness (QED) is 0.543. The predicted octanol–water partition coefficient (Wildman–Crippen LogP) is 1.68. The van der Waals surface area contributed by atoms with Crippen molar-refractivity contribution in [2.75, 3.05) is 7.11 Å². The molecule has 0 heterocycles. The van der Waals surface area contributed by atoms with E-state index in [0.29, 0.717) is 12.8 Å². The summed E-state index contributed by atoms with van der Waals surface area (Å²) in [6.07, 6.45) is 1.26. The summed E-state index contributed by atoms with van der Waals surface area (Å²) < 4.78 is 15.7. The largest absolute Gasteiger partial charge is 0.469 e. The van der Waals surface area contributed by atoms with Crippen molar-refractivity contribution >= 4 is 13.6 Å².